The fraction of sp³-hybridized carbons (Fsp3) is 0.211. The number of carbonyl (C=O) groups is 1. The van der Waals surface area contributed by atoms with Crippen LogP contribution < -0.4 is 4.74 Å². The fourth-order valence-corrected chi connectivity index (χ4v) is 2.23. The second kappa shape index (κ2) is 6.89. The summed E-state index contributed by atoms with van der Waals surface area (Å²) in [5, 5.41) is 0. The molecule has 0 saturated carbocycles. The van der Waals surface area contributed by atoms with Crippen molar-refractivity contribution in [2.24, 2.45) is 0 Å². The summed E-state index contributed by atoms with van der Waals surface area (Å²) in [5.74, 6) is 1.01. The molecule has 2 aromatic rings. The summed E-state index contributed by atoms with van der Waals surface area (Å²) in [5.41, 5.74) is 4.08. The number of carbonyl (C=O) groups excluding carboxylic acids is 1. The highest BCUT2D eigenvalue weighted by molar-refractivity contribution is 5.94. The molecule has 0 unspecified atom stereocenters. The number of hydrogen-bond acceptors (Lipinski definition) is 2. The molecule has 0 aliphatic rings. The van der Waals surface area contributed by atoms with Crippen molar-refractivity contribution in [3.05, 3.63) is 64.7 Å². The lowest BCUT2D eigenvalue weighted by Gasteiger charge is -2.07. The minimum atomic E-state index is 0.0861. The average Bonchev–Trinajstić information content (AvgIpc) is 2.52. The number of ketones is 1. The minimum absolute atomic E-state index is 0.0861. The van der Waals surface area contributed by atoms with Crippen LogP contribution in [0.4, 0.5) is 0 Å². The Hall–Kier alpha value is -2.35. The third-order valence-electron chi connectivity index (χ3n) is 3.45. The molecule has 0 saturated heterocycles. The van der Waals surface area contributed by atoms with Crippen molar-refractivity contribution in [3.63, 3.8) is 0 Å². The van der Waals surface area contributed by atoms with Gasteiger partial charge in [0.2, 0.25) is 0 Å². The van der Waals surface area contributed by atoms with Gasteiger partial charge in [0.25, 0.3) is 0 Å². The van der Waals surface area contributed by atoms with E-state index in [1.165, 1.54) is 5.56 Å². The summed E-state index contributed by atoms with van der Waals surface area (Å²) in [7, 11) is 1.69. The van der Waals surface area contributed by atoms with Crippen LogP contribution in [0.3, 0.4) is 0 Å². The van der Waals surface area contributed by atoms with Gasteiger partial charge in [-0.3, -0.25) is 4.79 Å². The molecule has 0 heterocycles. The summed E-state index contributed by atoms with van der Waals surface area (Å²) >= 11 is 0. The van der Waals surface area contributed by atoms with Crippen molar-refractivity contribution in [3.8, 4) is 5.75 Å². The lowest BCUT2D eigenvalue weighted by Crippen LogP contribution is -1.91. The summed E-state index contributed by atoms with van der Waals surface area (Å²) in [6.45, 7) is 3.70. The number of hydrogen-bond donors (Lipinski definition) is 0. The molecule has 0 fully saturated rings. The Kier molecular flexibility index (Phi) is 4.94. The highest BCUT2D eigenvalue weighted by atomic mass is 16.5. The van der Waals surface area contributed by atoms with Gasteiger partial charge in [-0.1, -0.05) is 43.3 Å². The van der Waals surface area contributed by atoms with Gasteiger partial charge in [0.1, 0.15) is 5.75 Å². The van der Waals surface area contributed by atoms with Gasteiger partial charge in [-0.2, -0.15) is 0 Å². The van der Waals surface area contributed by atoms with Crippen LogP contribution in [0.15, 0.2) is 42.5 Å². The molecular weight excluding hydrogens is 260 g/mol. The van der Waals surface area contributed by atoms with Crippen LogP contribution in [0.5, 0.6) is 5.75 Å². The Morgan fingerprint density at radius 2 is 1.81 bits per heavy atom. The smallest absolute Gasteiger partial charge is 0.159 e. The monoisotopic (exact) mass is 280 g/mol. The first-order valence-electron chi connectivity index (χ1n) is 7.10. The highest BCUT2D eigenvalue weighted by Crippen LogP contribution is 2.21. The van der Waals surface area contributed by atoms with Crippen LogP contribution >= 0.6 is 0 Å². The molecule has 2 nitrogen and oxygen atoms in total. The average molecular weight is 280 g/mol. The van der Waals surface area contributed by atoms with Crippen LogP contribution in [0, 0.1) is 0 Å². The Balaban J connectivity index is 2.25. The van der Waals surface area contributed by atoms with E-state index in [0.29, 0.717) is 0 Å². The van der Waals surface area contributed by atoms with Crippen LogP contribution in [0.25, 0.3) is 12.2 Å². The summed E-state index contributed by atoms with van der Waals surface area (Å²) in [6.07, 6.45) is 5.01. The SMILES string of the molecule is CCc1cc(C=Cc2cccc(C(C)=O)c2)ccc1OC. The molecule has 0 amide bonds. The van der Waals surface area contributed by atoms with E-state index >= 15 is 0 Å². The molecule has 0 aromatic heterocycles. The number of aryl methyl sites for hydroxylation is 1. The highest BCUT2D eigenvalue weighted by Gasteiger charge is 2.01. The molecule has 0 bridgehead atoms. The Morgan fingerprint density at radius 1 is 1.10 bits per heavy atom. The number of Topliss-reactive ketones (excluding diaryl/α,β-unsaturated/α-hetero) is 1. The Morgan fingerprint density at radius 3 is 2.43 bits per heavy atom. The lowest BCUT2D eigenvalue weighted by atomic mass is 10.0. The summed E-state index contributed by atoms with van der Waals surface area (Å²) < 4.78 is 5.33. The lowest BCUT2D eigenvalue weighted by molar-refractivity contribution is 0.101. The van der Waals surface area contributed by atoms with Gasteiger partial charge in [-0.15, -0.1) is 0 Å². The normalized spacial score (nSPS) is 10.8. The maximum absolute atomic E-state index is 11.4. The van der Waals surface area contributed by atoms with Crippen molar-refractivity contribution in [1.29, 1.82) is 0 Å². The molecule has 21 heavy (non-hydrogen) atoms. The van der Waals surface area contributed by atoms with Crippen molar-refractivity contribution < 1.29 is 9.53 Å². The Bertz CT molecular complexity index is 669. The van der Waals surface area contributed by atoms with Crippen molar-refractivity contribution >= 4 is 17.9 Å². The zero-order chi connectivity index (χ0) is 15.2. The van der Waals surface area contributed by atoms with Crippen LogP contribution in [0.1, 0.15) is 40.9 Å². The van der Waals surface area contributed by atoms with E-state index in [9.17, 15) is 4.79 Å². The molecule has 0 spiro atoms. The van der Waals surface area contributed by atoms with Gasteiger partial charge in [0.05, 0.1) is 7.11 Å². The molecule has 108 valence electrons. The van der Waals surface area contributed by atoms with Crippen molar-refractivity contribution in [2.45, 2.75) is 20.3 Å². The third-order valence-corrected chi connectivity index (χ3v) is 3.45. The molecule has 0 aliphatic carbocycles. The first-order valence-corrected chi connectivity index (χ1v) is 7.10. The van der Waals surface area contributed by atoms with Gasteiger partial charge in [0.15, 0.2) is 5.78 Å². The van der Waals surface area contributed by atoms with E-state index in [1.807, 2.05) is 42.5 Å². The molecule has 2 rings (SSSR count). The maximum Gasteiger partial charge on any atom is 0.159 e. The molecule has 2 heteroatoms. The quantitative estimate of drug-likeness (QED) is 0.589. The van der Waals surface area contributed by atoms with E-state index in [2.05, 4.69) is 19.1 Å². The first-order chi connectivity index (χ1) is 10.1. The van der Waals surface area contributed by atoms with E-state index in [-0.39, 0.29) is 5.78 Å². The largest absolute Gasteiger partial charge is 0.496 e. The van der Waals surface area contributed by atoms with Gasteiger partial charge in [0, 0.05) is 5.56 Å². The minimum Gasteiger partial charge on any atom is -0.496 e. The van der Waals surface area contributed by atoms with Crippen LogP contribution in [0.2, 0.25) is 0 Å². The standard InChI is InChI=1S/C19H20O2/c1-4-17-12-16(10-11-19(17)21-3)9-8-15-6-5-7-18(13-15)14(2)20/h5-13H,4H2,1-3H3. The van der Waals surface area contributed by atoms with Crippen LogP contribution in [-0.4, -0.2) is 12.9 Å². The van der Waals surface area contributed by atoms with Gasteiger partial charge < -0.3 is 4.74 Å². The Labute approximate surface area is 126 Å². The van der Waals surface area contributed by atoms with E-state index in [1.54, 1.807) is 14.0 Å². The number of ether oxygens (including phenoxy) is 1. The predicted molar refractivity (Wildman–Crippen MR) is 87.7 cm³/mol. The topological polar surface area (TPSA) is 26.3 Å². The molecule has 2 aromatic carbocycles. The number of rotatable bonds is 5. The first kappa shape index (κ1) is 15.0. The molecule has 0 radical (unpaired) electrons. The molecule has 0 atom stereocenters. The number of methoxy groups -OCH3 is 1. The van der Waals surface area contributed by atoms with Crippen LogP contribution in [-0.2, 0) is 6.42 Å². The second-order valence-electron chi connectivity index (χ2n) is 4.94. The number of benzene rings is 2. The van der Waals surface area contributed by atoms with E-state index in [0.717, 1.165) is 28.9 Å². The van der Waals surface area contributed by atoms with Crippen molar-refractivity contribution in [1.82, 2.24) is 0 Å². The third kappa shape index (κ3) is 3.82. The van der Waals surface area contributed by atoms with Gasteiger partial charge in [-0.25, -0.2) is 0 Å². The van der Waals surface area contributed by atoms with E-state index < -0.39 is 0 Å². The molecule has 0 aliphatic heterocycles. The summed E-state index contributed by atoms with van der Waals surface area (Å²) in [4.78, 5) is 11.4. The maximum atomic E-state index is 11.4. The summed E-state index contributed by atoms with van der Waals surface area (Å²) in [6, 6.07) is 13.8. The predicted octanol–water partition coefficient (Wildman–Crippen LogP) is 4.63. The fourth-order valence-electron chi connectivity index (χ4n) is 2.23. The zero-order valence-corrected chi connectivity index (χ0v) is 12.7. The second-order valence-corrected chi connectivity index (χ2v) is 4.94. The van der Waals surface area contributed by atoms with E-state index in [4.69, 9.17) is 4.74 Å². The molecule has 0 N–H and O–H groups in total. The van der Waals surface area contributed by atoms with Gasteiger partial charge in [-0.05, 0) is 48.2 Å². The van der Waals surface area contributed by atoms with Crippen molar-refractivity contribution in [2.75, 3.05) is 7.11 Å². The molecular formula is C19H20O2. The van der Waals surface area contributed by atoms with Gasteiger partial charge >= 0.3 is 0 Å². The zero-order valence-electron chi connectivity index (χ0n) is 12.7.